The Bertz CT molecular complexity index is 1610. The zero-order chi connectivity index (χ0) is 25.7. The molecule has 186 valence electrons. The summed E-state index contributed by atoms with van der Waals surface area (Å²) in [6, 6.07) is 13.6. The first kappa shape index (κ1) is 23.8. The van der Waals surface area contributed by atoms with Crippen LogP contribution in [0.25, 0.3) is 16.5 Å². The number of aromatic amines is 1. The molecule has 1 aliphatic heterocycles. The van der Waals surface area contributed by atoms with E-state index in [0.717, 1.165) is 18.5 Å². The molecule has 1 fully saturated rings. The molecule has 3 heterocycles. The van der Waals surface area contributed by atoms with Gasteiger partial charge in [0.05, 0.1) is 16.8 Å². The van der Waals surface area contributed by atoms with Crippen LogP contribution in [-0.4, -0.2) is 39.6 Å². The predicted octanol–water partition coefficient (Wildman–Crippen LogP) is 6.18. The molecule has 0 spiro atoms. The molecule has 4 aromatic rings. The first-order valence-corrected chi connectivity index (χ1v) is 13.3. The average Bonchev–Trinajstić information content (AvgIpc) is 3.31. The molecule has 1 saturated heterocycles. The van der Waals surface area contributed by atoms with Gasteiger partial charge in [0, 0.05) is 40.9 Å². The number of hydrogen-bond donors (Lipinski definition) is 1. The number of ketones is 1. The number of nitrogens with one attached hydrogen (secondary N) is 1. The minimum Gasteiger partial charge on any atom is -0.359 e. The van der Waals surface area contributed by atoms with E-state index in [1.54, 1.807) is 11.0 Å². The third-order valence-corrected chi connectivity index (χ3v) is 8.16. The number of rotatable bonds is 2. The number of carbonyl (C=O) groups excluding carboxylic acids is 2. The number of aromatic nitrogens is 2. The van der Waals surface area contributed by atoms with E-state index in [2.05, 4.69) is 52.1 Å². The van der Waals surface area contributed by atoms with E-state index in [0.29, 0.717) is 35.9 Å². The number of hydrogen-bond acceptors (Lipinski definition) is 3. The van der Waals surface area contributed by atoms with Gasteiger partial charge < -0.3 is 9.88 Å². The highest BCUT2D eigenvalue weighted by atomic mass is 79.9. The van der Waals surface area contributed by atoms with Crippen LogP contribution >= 0.6 is 15.9 Å². The number of Topliss-reactive ketones (excluding diaryl/α,β-unsaturated/α-hetero) is 1. The van der Waals surface area contributed by atoms with Crippen LogP contribution in [0.4, 0.5) is 4.39 Å². The van der Waals surface area contributed by atoms with E-state index in [-0.39, 0.29) is 10.9 Å². The van der Waals surface area contributed by atoms with Gasteiger partial charge in [0.15, 0.2) is 0 Å². The van der Waals surface area contributed by atoms with Gasteiger partial charge in [0.25, 0.3) is 11.7 Å². The Morgan fingerprint density at radius 3 is 2.62 bits per heavy atom. The van der Waals surface area contributed by atoms with Gasteiger partial charge in [0.1, 0.15) is 5.82 Å². The van der Waals surface area contributed by atoms with Gasteiger partial charge in [0.2, 0.25) is 0 Å². The minimum absolute atomic E-state index is 0.0640. The van der Waals surface area contributed by atoms with Gasteiger partial charge in [-0.3, -0.25) is 14.6 Å². The topological polar surface area (TPSA) is 66.1 Å². The maximum atomic E-state index is 14.6. The van der Waals surface area contributed by atoms with E-state index in [9.17, 15) is 14.0 Å². The molecule has 7 heteroatoms. The molecule has 2 aromatic heterocycles. The molecule has 0 atom stereocenters. The number of halogens is 2. The zero-order valence-corrected chi connectivity index (χ0v) is 22.0. The van der Waals surface area contributed by atoms with Crippen molar-refractivity contribution in [3.63, 3.8) is 0 Å². The minimum atomic E-state index is -0.693. The fourth-order valence-corrected chi connectivity index (χ4v) is 6.08. The van der Waals surface area contributed by atoms with Crippen molar-refractivity contribution < 1.29 is 14.0 Å². The molecule has 5 nitrogen and oxygen atoms in total. The summed E-state index contributed by atoms with van der Waals surface area (Å²) in [6.45, 7) is 2.98. The van der Waals surface area contributed by atoms with Crippen LogP contribution in [0.5, 0.6) is 0 Å². The van der Waals surface area contributed by atoms with Crippen molar-refractivity contribution >= 4 is 44.1 Å². The van der Waals surface area contributed by atoms with Crippen LogP contribution in [0.1, 0.15) is 51.1 Å². The highest BCUT2D eigenvalue weighted by molar-refractivity contribution is 9.10. The Kier molecular flexibility index (Phi) is 6.03. The molecular formula is C30H25BrFN3O2. The number of aryl methyl sites for hydroxylation is 3. The standard InChI is InChI=1S/C30H25BrFN3O2/c1-17-4-7-21-20(15-17)6-5-19-3-2-12-33-27(19)25(21)18-10-13-35(14-11-18)30(37)29(36)22-16-34-28-23(31)8-9-24(32)26(22)28/h2-4,7-9,12,15-16,34H,5-6,10-11,13-14H2,1H3. The molecule has 1 amide bonds. The SMILES string of the molecule is Cc1ccc2c(c1)CCc1cccnc1C2=C1CCN(C(=O)C(=O)c2c[nH]c3c(Br)ccc(F)c23)CC1. The summed E-state index contributed by atoms with van der Waals surface area (Å²) < 4.78 is 15.2. The quantitative estimate of drug-likeness (QED) is 0.236. The molecule has 2 aromatic carbocycles. The lowest BCUT2D eigenvalue weighted by Gasteiger charge is -2.30. The molecule has 1 aliphatic carbocycles. The van der Waals surface area contributed by atoms with Gasteiger partial charge in [-0.05, 0) is 83.4 Å². The Morgan fingerprint density at radius 1 is 1.03 bits per heavy atom. The maximum absolute atomic E-state index is 14.6. The number of piperidine rings is 1. The summed E-state index contributed by atoms with van der Waals surface area (Å²) in [7, 11) is 0. The normalized spacial score (nSPS) is 15.4. The first-order valence-electron chi connectivity index (χ1n) is 12.5. The number of H-pyrrole nitrogens is 1. The molecule has 0 saturated carbocycles. The second kappa shape index (κ2) is 9.38. The lowest BCUT2D eigenvalue weighted by atomic mass is 9.88. The number of pyridine rings is 1. The monoisotopic (exact) mass is 557 g/mol. The third-order valence-electron chi connectivity index (χ3n) is 7.50. The Balaban J connectivity index is 1.31. The largest absolute Gasteiger partial charge is 0.359 e. The maximum Gasteiger partial charge on any atom is 0.295 e. The number of benzene rings is 2. The van der Waals surface area contributed by atoms with E-state index < -0.39 is 17.5 Å². The summed E-state index contributed by atoms with van der Waals surface area (Å²) >= 11 is 3.37. The molecule has 0 unspecified atom stereocenters. The Labute approximate surface area is 222 Å². The summed E-state index contributed by atoms with van der Waals surface area (Å²) in [5.74, 6) is -1.82. The van der Waals surface area contributed by atoms with Crippen molar-refractivity contribution in [2.75, 3.05) is 13.1 Å². The molecule has 0 radical (unpaired) electrons. The van der Waals surface area contributed by atoms with Crippen LogP contribution in [0.3, 0.4) is 0 Å². The van der Waals surface area contributed by atoms with Gasteiger partial charge in [-0.2, -0.15) is 0 Å². The second-order valence-corrected chi connectivity index (χ2v) is 10.6. The number of amides is 1. The van der Waals surface area contributed by atoms with Crippen molar-refractivity contribution in [1.29, 1.82) is 0 Å². The number of fused-ring (bicyclic) bond motifs is 3. The molecular weight excluding hydrogens is 533 g/mol. The fourth-order valence-electron chi connectivity index (χ4n) is 5.63. The van der Waals surface area contributed by atoms with E-state index in [1.807, 2.05) is 12.3 Å². The fraction of sp³-hybridized carbons (Fsp3) is 0.233. The predicted molar refractivity (Wildman–Crippen MR) is 145 cm³/mol. The van der Waals surface area contributed by atoms with Crippen molar-refractivity contribution in [3.05, 3.63) is 104 Å². The Morgan fingerprint density at radius 2 is 1.81 bits per heavy atom. The van der Waals surface area contributed by atoms with Gasteiger partial charge in [-0.1, -0.05) is 35.4 Å². The van der Waals surface area contributed by atoms with E-state index >= 15 is 0 Å². The molecule has 0 bridgehead atoms. The number of nitrogens with zero attached hydrogens (tertiary/aromatic N) is 2. The van der Waals surface area contributed by atoms with Crippen LogP contribution in [0.2, 0.25) is 0 Å². The van der Waals surface area contributed by atoms with Crippen LogP contribution < -0.4 is 0 Å². The van der Waals surface area contributed by atoms with Gasteiger partial charge in [-0.15, -0.1) is 0 Å². The number of likely N-dealkylation sites (tertiary alicyclic amines) is 1. The molecule has 6 rings (SSSR count). The number of carbonyl (C=O) groups is 2. The molecule has 1 N–H and O–H groups in total. The zero-order valence-electron chi connectivity index (χ0n) is 20.4. The van der Waals surface area contributed by atoms with Crippen LogP contribution in [-0.2, 0) is 17.6 Å². The summed E-state index contributed by atoms with van der Waals surface area (Å²) in [5, 5.41) is 0.139. The Hall–Kier alpha value is -3.58. The molecule has 37 heavy (non-hydrogen) atoms. The van der Waals surface area contributed by atoms with E-state index in [1.165, 1.54) is 45.7 Å². The highest BCUT2D eigenvalue weighted by Gasteiger charge is 2.31. The van der Waals surface area contributed by atoms with E-state index in [4.69, 9.17) is 4.98 Å². The highest BCUT2D eigenvalue weighted by Crippen LogP contribution is 2.38. The van der Waals surface area contributed by atoms with Crippen molar-refractivity contribution in [2.24, 2.45) is 0 Å². The second-order valence-electron chi connectivity index (χ2n) is 9.75. The lowest BCUT2D eigenvalue weighted by molar-refractivity contribution is -0.126. The van der Waals surface area contributed by atoms with Crippen molar-refractivity contribution in [2.45, 2.75) is 32.6 Å². The summed E-state index contributed by atoms with van der Waals surface area (Å²) in [6.07, 6.45) is 6.48. The third kappa shape index (κ3) is 4.11. The van der Waals surface area contributed by atoms with Crippen molar-refractivity contribution in [3.8, 4) is 0 Å². The summed E-state index contributed by atoms with van der Waals surface area (Å²) in [5.41, 5.74) is 8.99. The molecule has 2 aliphatic rings. The van der Waals surface area contributed by atoms with Crippen LogP contribution in [0, 0.1) is 12.7 Å². The smallest absolute Gasteiger partial charge is 0.295 e. The summed E-state index contributed by atoms with van der Waals surface area (Å²) in [4.78, 5) is 35.7. The van der Waals surface area contributed by atoms with Crippen molar-refractivity contribution in [1.82, 2.24) is 14.9 Å². The van der Waals surface area contributed by atoms with Gasteiger partial charge >= 0.3 is 0 Å². The van der Waals surface area contributed by atoms with Crippen LogP contribution in [0.15, 0.2) is 64.9 Å². The first-order chi connectivity index (χ1) is 17.9. The van der Waals surface area contributed by atoms with Gasteiger partial charge in [-0.25, -0.2) is 4.39 Å². The lowest BCUT2D eigenvalue weighted by Crippen LogP contribution is -2.40. The average molecular weight is 558 g/mol.